The van der Waals surface area contributed by atoms with Gasteiger partial charge in [0.2, 0.25) is 0 Å². The van der Waals surface area contributed by atoms with E-state index in [1.165, 1.54) is 0 Å². The summed E-state index contributed by atoms with van der Waals surface area (Å²) in [7, 11) is 0. The molecule has 0 spiro atoms. The monoisotopic (exact) mass is 187 g/mol. The third-order valence-electron chi connectivity index (χ3n) is 2.70. The molecule has 0 radical (unpaired) electrons. The number of hydrogen-bond donors (Lipinski definition) is 3. The Morgan fingerprint density at radius 3 is 2.38 bits per heavy atom. The highest BCUT2D eigenvalue weighted by atomic mass is 19.1. The van der Waals surface area contributed by atoms with Gasteiger partial charge in [0.05, 0.1) is 0 Å². The quantitative estimate of drug-likeness (QED) is 0.486. The molecule has 0 aromatic heterocycles. The highest BCUT2D eigenvalue weighted by molar-refractivity contribution is 6.08. The van der Waals surface area contributed by atoms with Crippen LogP contribution in [0.3, 0.4) is 0 Å². The van der Waals surface area contributed by atoms with E-state index in [-0.39, 0.29) is 19.4 Å². The molecule has 2 fully saturated rings. The Morgan fingerprint density at radius 1 is 1.46 bits per heavy atom. The van der Waals surface area contributed by atoms with Gasteiger partial charge in [-0.25, -0.2) is 9.18 Å². The van der Waals surface area contributed by atoms with Gasteiger partial charge >= 0.3 is 6.03 Å². The largest absolute Gasteiger partial charge is 0.328 e. The number of nitrogens with two attached hydrogens (primary N) is 1. The van der Waals surface area contributed by atoms with Crippen molar-refractivity contribution < 1.29 is 14.0 Å². The summed E-state index contributed by atoms with van der Waals surface area (Å²) in [5, 5.41) is 4.27. The number of carbonyl (C=O) groups excluding carboxylic acids is 2. The minimum Gasteiger partial charge on any atom is -0.328 e. The predicted octanol–water partition coefficient (Wildman–Crippen LogP) is -0.975. The summed E-state index contributed by atoms with van der Waals surface area (Å²) in [5.41, 5.74) is 2.17. The predicted molar refractivity (Wildman–Crippen MR) is 41.5 cm³/mol. The lowest BCUT2D eigenvalue weighted by molar-refractivity contribution is -0.126. The molecule has 1 saturated carbocycles. The third kappa shape index (κ3) is 0.888. The molecule has 13 heavy (non-hydrogen) atoms. The molecule has 2 rings (SSSR count). The Balaban J connectivity index is 2.35. The van der Waals surface area contributed by atoms with Gasteiger partial charge in [-0.3, -0.25) is 10.1 Å². The SMILES string of the molecule is NC[C@@]1(C2(F)CC2)NC(=O)NC1=O. The molecule has 2 aliphatic rings. The van der Waals surface area contributed by atoms with Crippen LogP contribution in [0, 0.1) is 0 Å². The third-order valence-corrected chi connectivity index (χ3v) is 2.70. The van der Waals surface area contributed by atoms with Crippen molar-refractivity contribution >= 4 is 11.9 Å². The fourth-order valence-electron chi connectivity index (χ4n) is 1.67. The maximum Gasteiger partial charge on any atom is 0.322 e. The lowest BCUT2D eigenvalue weighted by Crippen LogP contribution is -2.61. The van der Waals surface area contributed by atoms with E-state index in [1.807, 2.05) is 5.32 Å². The highest BCUT2D eigenvalue weighted by Gasteiger charge is 2.67. The molecule has 1 aliphatic heterocycles. The number of hydrogen-bond acceptors (Lipinski definition) is 3. The van der Waals surface area contributed by atoms with Crippen LogP contribution in [-0.2, 0) is 4.79 Å². The molecule has 0 aromatic rings. The van der Waals surface area contributed by atoms with Gasteiger partial charge in [0.15, 0.2) is 5.54 Å². The molecule has 1 heterocycles. The fraction of sp³-hybridized carbons (Fsp3) is 0.714. The topological polar surface area (TPSA) is 84.2 Å². The molecule has 0 bridgehead atoms. The Morgan fingerprint density at radius 2 is 2.08 bits per heavy atom. The van der Waals surface area contributed by atoms with Gasteiger partial charge in [0.25, 0.3) is 5.91 Å². The fourth-order valence-corrected chi connectivity index (χ4v) is 1.67. The van der Waals surface area contributed by atoms with Crippen LogP contribution in [0.1, 0.15) is 12.8 Å². The van der Waals surface area contributed by atoms with Crippen molar-refractivity contribution in [3.8, 4) is 0 Å². The van der Waals surface area contributed by atoms with Gasteiger partial charge in [0, 0.05) is 6.54 Å². The summed E-state index contributed by atoms with van der Waals surface area (Å²) in [6, 6.07) is -0.667. The second-order valence-electron chi connectivity index (χ2n) is 3.48. The van der Waals surface area contributed by atoms with Crippen molar-refractivity contribution in [3.05, 3.63) is 0 Å². The molecule has 1 aliphatic carbocycles. The minimum atomic E-state index is -1.64. The van der Waals surface area contributed by atoms with Crippen LogP contribution >= 0.6 is 0 Å². The van der Waals surface area contributed by atoms with Crippen molar-refractivity contribution in [3.63, 3.8) is 0 Å². The smallest absolute Gasteiger partial charge is 0.322 e. The highest BCUT2D eigenvalue weighted by Crippen LogP contribution is 2.49. The summed E-state index contributed by atoms with van der Waals surface area (Å²) >= 11 is 0. The molecule has 0 unspecified atom stereocenters. The Labute approximate surface area is 73.8 Å². The Kier molecular flexibility index (Phi) is 1.42. The van der Waals surface area contributed by atoms with E-state index >= 15 is 0 Å². The van der Waals surface area contributed by atoms with E-state index in [2.05, 4.69) is 5.32 Å². The number of amides is 3. The van der Waals surface area contributed by atoms with Crippen molar-refractivity contribution in [2.45, 2.75) is 24.0 Å². The van der Waals surface area contributed by atoms with Crippen LogP contribution in [0.25, 0.3) is 0 Å². The first kappa shape index (κ1) is 8.43. The van der Waals surface area contributed by atoms with E-state index < -0.39 is 23.1 Å². The van der Waals surface area contributed by atoms with Crippen LogP contribution in [0.5, 0.6) is 0 Å². The molecule has 1 saturated heterocycles. The second-order valence-corrected chi connectivity index (χ2v) is 3.48. The molecule has 4 N–H and O–H groups in total. The number of halogens is 1. The number of imide groups is 1. The van der Waals surface area contributed by atoms with E-state index in [4.69, 9.17) is 5.73 Å². The zero-order chi connectivity index (χ0) is 9.69. The van der Waals surface area contributed by atoms with Gasteiger partial charge in [0.1, 0.15) is 5.67 Å². The minimum absolute atomic E-state index is 0.207. The van der Waals surface area contributed by atoms with E-state index in [1.54, 1.807) is 0 Å². The van der Waals surface area contributed by atoms with Gasteiger partial charge in [-0.2, -0.15) is 0 Å². The van der Waals surface area contributed by atoms with Crippen LogP contribution in [0.2, 0.25) is 0 Å². The molecule has 1 atom stereocenters. The maximum atomic E-state index is 13.7. The molecule has 6 heteroatoms. The number of alkyl halides is 1. The Hall–Kier alpha value is -1.17. The average molecular weight is 187 g/mol. The molecular formula is C7H10FN3O2. The van der Waals surface area contributed by atoms with Crippen molar-refractivity contribution in [2.75, 3.05) is 6.54 Å². The zero-order valence-corrected chi connectivity index (χ0v) is 6.89. The van der Waals surface area contributed by atoms with Crippen LogP contribution in [-0.4, -0.2) is 29.7 Å². The first-order valence-corrected chi connectivity index (χ1v) is 4.07. The second kappa shape index (κ2) is 2.20. The van der Waals surface area contributed by atoms with E-state index in [9.17, 15) is 14.0 Å². The van der Waals surface area contributed by atoms with Gasteiger partial charge in [-0.1, -0.05) is 0 Å². The Bertz CT molecular complexity index is 289. The average Bonchev–Trinajstić information content (AvgIpc) is 2.72. The zero-order valence-electron chi connectivity index (χ0n) is 6.89. The van der Waals surface area contributed by atoms with Crippen molar-refractivity contribution in [1.82, 2.24) is 10.6 Å². The normalized spacial score (nSPS) is 35.5. The summed E-state index contributed by atoms with van der Waals surface area (Å²) in [5.74, 6) is -0.653. The number of urea groups is 1. The molecule has 0 aromatic carbocycles. The number of carbonyl (C=O) groups is 2. The van der Waals surface area contributed by atoms with E-state index in [0.717, 1.165) is 0 Å². The first-order valence-electron chi connectivity index (χ1n) is 4.07. The maximum absolute atomic E-state index is 13.7. The van der Waals surface area contributed by atoms with E-state index in [0.29, 0.717) is 0 Å². The van der Waals surface area contributed by atoms with Crippen LogP contribution < -0.4 is 16.4 Å². The number of rotatable bonds is 2. The van der Waals surface area contributed by atoms with Gasteiger partial charge in [-0.15, -0.1) is 0 Å². The van der Waals surface area contributed by atoms with Crippen molar-refractivity contribution in [1.29, 1.82) is 0 Å². The number of nitrogens with one attached hydrogen (secondary N) is 2. The molecule has 72 valence electrons. The van der Waals surface area contributed by atoms with Gasteiger partial charge < -0.3 is 11.1 Å². The summed E-state index contributed by atoms with van der Waals surface area (Å²) in [4.78, 5) is 22.1. The molecule has 5 nitrogen and oxygen atoms in total. The molecule has 3 amide bonds. The molecular weight excluding hydrogens is 177 g/mol. The lowest BCUT2D eigenvalue weighted by atomic mass is 9.91. The standard InChI is InChI=1S/C7H10FN3O2/c8-6(1-2-6)7(3-9)4(12)10-5(13)11-7/h1-3,9H2,(H2,10,11,12,13)/t7-/m1/s1. The lowest BCUT2D eigenvalue weighted by Gasteiger charge is -2.27. The van der Waals surface area contributed by atoms with Gasteiger partial charge in [-0.05, 0) is 12.8 Å². The van der Waals surface area contributed by atoms with Crippen molar-refractivity contribution in [2.24, 2.45) is 5.73 Å². The first-order chi connectivity index (χ1) is 6.04. The van der Waals surface area contributed by atoms with Crippen LogP contribution in [0.15, 0.2) is 0 Å². The summed E-state index contributed by atoms with van der Waals surface area (Å²) in [6.07, 6.45) is 0.551. The van der Waals surface area contributed by atoms with Crippen LogP contribution in [0.4, 0.5) is 9.18 Å². The summed E-state index contributed by atoms with van der Waals surface area (Å²) in [6.45, 7) is -0.207. The summed E-state index contributed by atoms with van der Waals surface area (Å²) < 4.78 is 13.7.